The molecule has 0 aromatic heterocycles. The van der Waals surface area contributed by atoms with Crippen molar-refractivity contribution in [1.82, 2.24) is 5.32 Å². The molecule has 6 nitrogen and oxygen atoms in total. The van der Waals surface area contributed by atoms with Gasteiger partial charge >= 0.3 is 18.0 Å². The van der Waals surface area contributed by atoms with Crippen molar-refractivity contribution in [3.63, 3.8) is 0 Å². The first-order valence-corrected chi connectivity index (χ1v) is 3.22. The number of rotatable bonds is 1. The second-order valence-corrected chi connectivity index (χ2v) is 2.19. The van der Waals surface area contributed by atoms with E-state index in [0.717, 1.165) is 7.11 Å². The number of nitrogens with one attached hydrogen (secondary N) is 1. The Balaban J connectivity index is 2.48. The molecule has 0 aromatic rings. The summed E-state index contributed by atoms with van der Waals surface area (Å²) < 4.78 is 8.40. The number of hydrogen-bond donors (Lipinski definition) is 1. The number of hydrogen-bond acceptors (Lipinski definition) is 5. The van der Waals surface area contributed by atoms with Gasteiger partial charge in [0, 0.05) is 0 Å². The van der Waals surface area contributed by atoms with Crippen LogP contribution in [0.3, 0.4) is 0 Å². The van der Waals surface area contributed by atoms with Gasteiger partial charge in [0.1, 0.15) is 6.04 Å². The number of ether oxygens (including phenoxy) is 2. The van der Waals surface area contributed by atoms with Gasteiger partial charge in [-0.15, -0.1) is 0 Å². The SMILES string of the molecule is COC(=O)N[C@@H]1CC(=O)OC1=O. The van der Waals surface area contributed by atoms with E-state index >= 15 is 0 Å². The maximum absolute atomic E-state index is 10.7. The number of cyclic esters (lactones) is 2. The van der Waals surface area contributed by atoms with Crippen LogP contribution in [0.1, 0.15) is 6.42 Å². The zero-order chi connectivity index (χ0) is 9.14. The molecule has 1 rings (SSSR count). The molecule has 0 saturated carbocycles. The molecule has 1 atom stereocenters. The van der Waals surface area contributed by atoms with E-state index in [4.69, 9.17) is 0 Å². The van der Waals surface area contributed by atoms with Crippen molar-refractivity contribution in [2.45, 2.75) is 12.5 Å². The Hall–Kier alpha value is -1.59. The molecule has 0 bridgehead atoms. The molecular formula is C6H7NO5. The van der Waals surface area contributed by atoms with Gasteiger partial charge in [0.25, 0.3) is 0 Å². The molecule has 1 aliphatic rings. The Morgan fingerprint density at radius 3 is 2.75 bits per heavy atom. The van der Waals surface area contributed by atoms with E-state index in [1.165, 1.54) is 0 Å². The molecule has 0 aliphatic carbocycles. The van der Waals surface area contributed by atoms with Gasteiger partial charge < -0.3 is 14.8 Å². The molecule has 12 heavy (non-hydrogen) atoms. The largest absolute Gasteiger partial charge is 0.453 e. The molecule has 0 aromatic carbocycles. The Labute approximate surface area is 67.8 Å². The van der Waals surface area contributed by atoms with Crippen molar-refractivity contribution >= 4 is 18.0 Å². The van der Waals surface area contributed by atoms with Gasteiger partial charge in [-0.05, 0) is 0 Å². The summed E-state index contributed by atoms with van der Waals surface area (Å²) >= 11 is 0. The van der Waals surface area contributed by atoms with Gasteiger partial charge in [0.2, 0.25) is 0 Å². The van der Waals surface area contributed by atoms with Gasteiger partial charge in [0.05, 0.1) is 13.5 Å². The Morgan fingerprint density at radius 2 is 2.33 bits per heavy atom. The van der Waals surface area contributed by atoms with Crippen molar-refractivity contribution in [3.05, 3.63) is 0 Å². The van der Waals surface area contributed by atoms with Crippen LogP contribution in [0.2, 0.25) is 0 Å². The predicted octanol–water partition coefficient (Wildman–Crippen LogP) is -0.816. The second kappa shape index (κ2) is 3.21. The molecule has 1 fully saturated rings. The molecule has 1 saturated heterocycles. The van der Waals surface area contributed by atoms with Crippen LogP contribution in [0.4, 0.5) is 4.79 Å². The van der Waals surface area contributed by atoms with Crippen LogP contribution in [0.5, 0.6) is 0 Å². The number of alkyl carbamates (subject to hydrolysis) is 1. The number of esters is 2. The van der Waals surface area contributed by atoms with Crippen LogP contribution in [0, 0.1) is 0 Å². The molecular weight excluding hydrogens is 166 g/mol. The summed E-state index contributed by atoms with van der Waals surface area (Å²) in [5.41, 5.74) is 0. The van der Waals surface area contributed by atoms with Crippen LogP contribution >= 0.6 is 0 Å². The van der Waals surface area contributed by atoms with E-state index < -0.39 is 24.1 Å². The second-order valence-electron chi connectivity index (χ2n) is 2.19. The highest BCUT2D eigenvalue weighted by Crippen LogP contribution is 2.07. The third-order valence-electron chi connectivity index (χ3n) is 1.35. The Morgan fingerprint density at radius 1 is 1.67 bits per heavy atom. The standard InChI is InChI=1S/C6H7NO5/c1-11-6(10)7-3-2-4(8)12-5(3)9/h3H,2H2,1H3,(H,7,10)/t3-/m1/s1. The van der Waals surface area contributed by atoms with Gasteiger partial charge in [-0.1, -0.05) is 0 Å². The summed E-state index contributed by atoms with van der Waals surface area (Å²) in [6, 6.07) is -0.898. The van der Waals surface area contributed by atoms with Crippen LogP contribution < -0.4 is 5.32 Å². The normalized spacial score (nSPS) is 21.9. The first-order chi connectivity index (χ1) is 5.63. The molecule has 1 aliphatic heterocycles. The minimum Gasteiger partial charge on any atom is -0.453 e. The Kier molecular flexibility index (Phi) is 2.27. The van der Waals surface area contributed by atoms with Crippen molar-refractivity contribution in [2.75, 3.05) is 7.11 Å². The molecule has 0 unspecified atom stereocenters. The van der Waals surface area contributed by atoms with E-state index in [9.17, 15) is 14.4 Å². The van der Waals surface area contributed by atoms with Gasteiger partial charge in [-0.25, -0.2) is 9.59 Å². The lowest BCUT2D eigenvalue weighted by molar-refractivity contribution is -0.152. The maximum atomic E-state index is 10.7. The summed E-state index contributed by atoms with van der Waals surface area (Å²) in [5.74, 6) is -1.38. The van der Waals surface area contributed by atoms with Crippen LogP contribution in [0.15, 0.2) is 0 Å². The fraction of sp³-hybridized carbons (Fsp3) is 0.500. The zero-order valence-corrected chi connectivity index (χ0v) is 6.33. The van der Waals surface area contributed by atoms with Crippen molar-refractivity contribution in [1.29, 1.82) is 0 Å². The minimum atomic E-state index is -0.898. The average Bonchev–Trinajstić information content (AvgIpc) is 2.30. The van der Waals surface area contributed by atoms with E-state index in [1.54, 1.807) is 0 Å². The summed E-state index contributed by atoms with van der Waals surface area (Å²) in [6.07, 6.45) is -0.889. The first-order valence-electron chi connectivity index (χ1n) is 3.22. The van der Waals surface area contributed by atoms with Crippen LogP contribution in [0.25, 0.3) is 0 Å². The van der Waals surface area contributed by atoms with E-state index in [1.807, 2.05) is 0 Å². The highest BCUT2D eigenvalue weighted by molar-refractivity contribution is 5.98. The topological polar surface area (TPSA) is 81.7 Å². The molecule has 66 valence electrons. The average molecular weight is 173 g/mol. The summed E-state index contributed by atoms with van der Waals surface area (Å²) in [5, 5.41) is 2.15. The summed E-state index contributed by atoms with van der Waals surface area (Å²) in [7, 11) is 1.16. The van der Waals surface area contributed by atoms with Crippen LogP contribution in [-0.4, -0.2) is 31.2 Å². The lowest BCUT2D eigenvalue weighted by Crippen LogP contribution is -2.37. The van der Waals surface area contributed by atoms with Crippen LogP contribution in [-0.2, 0) is 19.1 Å². The van der Waals surface area contributed by atoms with Crippen molar-refractivity contribution in [3.8, 4) is 0 Å². The zero-order valence-electron chi connectivity index (χ0n) is 6.33. The molecule has 1 amide bonds. The molecule has 6 heteroatoms. The number of carbonyl (C=O) groups excluding carboxylic acids is 3. The van der Waals surface area contributed by atoms with Gasteiger partial charge in [-0.2, -0.15) is 0 Å². The molecule has 1 heterocycles. The fourth-order valence-corrected chi connectivity index (χ4v) is 0.786. The first kappa shape index (κ1) is 8.51. The number of carbonyl (C=O) groups is 3. The number of methoxy groups -OCH3 is 1. The minimum absolute atomic E-state index is 0.131. The van der Waals surface area contributed by atoms with E-state index in [0.29, 0.717) is 0 Å². The van der Waals surface area contributed by atoms with E-state index in [-0.39, 0.29) is 6.42 Å². The predicted molar refractivity (Wildman–Crippen MR) is 35.0 cm³/mol. The molecule has 0 spiro atoms. The third-order valence-corrected chi connectivity index (χ3v) is 1.35. The smallest absolute Gasteiger partial charge is 0.407 e. The highest BCUT2D eigenvalue weighted by Gasteiger charge is 2.34. The van der Waals surface area contributed by atoms with Crippen molar-refractivity contribution in [2.24, 2.45) is 0 Å². The summed E-state index contributed by atoms with van der Waals surface area (Å²) in [6.45, 7) is 0. The highest BCUT2D eigenvalue weighted by atomic mass is 16.6. The lowest BCUT2D eigenvalue weighted by Gasteiger charge is -2.04. The summed E-state index contributed by atoms with van der Waals surface area (Å²) in [4.78, 5) is 31.8. The third kappa shape index (κ3) is 1.71. The lowest BCUT2D eigenvalue weighted by atomic mass is 10.2. The molecule has 0 radical (unpaired) electrons. The fourth-order valence-electron chi connectivity index (χ4n) is 0.786. The molecule has 1 N–H and O–H groups in total. The monoisotopic (exact) mass is 173 g/mol. The number of amides is 1. The van der Waals surface area contributed by atoms with Crippen molar-refractivity contribution < 1.29 is 23.9 Å². The Bertz CT molecular complexity index is 236. The van der Waals surface area contributed by atoms with Gasteiger partial charge in [-0.3, -0.25) is 4.79 Å². The quantitative estimate of drug-likeness (QED) is 0.414. The van der Waals surface area contributed by atoms with E-state index in [2.05, 4.69) is 14.8 Å². The maximum Gasteiger partial charge on any atom is 0.407 e. The van der Waals surface area contributed by atoms with Gasteiger partial charge in [0.15, 0.2) is 0 Å².